The lowest BCUT2D eigenvalue weighted by Gasteiger charge is -2.36. The van der Waals surface area contributed by atoms with Gasteiger partial charge in [0.2, 0.25) is 0 Å². The monoisotopic (exact) mass is 277 g/mol. The van der Waals surface area contributed by atoms with Crippen molar-refractivity contribution in [3.8, 4) is 0 Å². The van der Waals surface area contributed by atoms with Crippen LogP contribution < -0.4 is 10.2 Å². The van der Waals surface area contributed by atoms with Crippen LogP contribution in [0.2, 0.25) is 0 Å². The molecule has 20 heavy (non-hydrogen) atoms. The van der Waals surface area contributed by atoms with Crippen molar-refractivity contribution in [1.29, 1.82) is 0 Å². The van der Waals surface area contributed by atoms with Gasteiger partial charge in [-0.1, -0.05) is 20.8 Å². The number of rotatable bonds is 7. The Bertz CT molecular complexity index is 424. The van der Waals surface area contributed by atoms with Crippen molar-refractivity contribution in [2.45, 2.75) is 60.0 Å². The second kappa shape index (κ2) is 7.07. The summed E-state index contributed by atoms with van der Waals surface area (Å²) < 4.78 is 0. The molecule has 0 atom stereocenters. The Morgan fingerprint density at radius 3 is 2.50 bits per heavy atom. The van der Waals surface area contributed by atoms with Crippen LogP contribution in [0.3, 0.4) is 0 Å². The summed E-state index contributed by atoms with van der Waals surface area (Å²) in [6, 6.07) is 4.38. The number of nitrogens with one attached hydrogen (secondary N) is 1. The van der Waals surface area contributed by atoms with E-state index in [0.717, 1.165) is 31.0 Å². The predicted octanol–water partition coefficient (Wildman–Crippen LogP) is 3.76. The Morgan fingerprint density at radius 1 is 1.30 bits per heavy atom. The minimum absolute atomic E-state index is 0.128. The van der Waals surface area contributed by atoms with Gasteiger partial charge < -0.3 is 10.2 Å². The normalized spacial score (nSPS) is 12.0. The molecule has 114 valence electrons. The van der Waals surface area contributed by atoms with E-state index in [4.69, 9.17) is 0 Å². The maximum Gasteiger partial charge on any atom is 0.129 e. The first-order valence-electron chi connectivity index (χ1n) is 7.68. The van der Waals surface area contributed by atoms with E-state index >= 15 is 0 Å². The zero-order valence-electron chi connectivity index (χ0n) is 14.2. The highest BCUT2D eigenvalue weighted by molar-refractivity contribution is 5.44. The third-order valence-electron chi connectivity index (χ3n) is 4.00. The molecule has 0 aliphatic heterocycles. The fraction of sp³-hybridized carbons (Fsp3) is 0.706. The van der Waals surface area contributed by atoms with E-state index < -0.39 is 0 Å². The van der Waals surface area contributed by atoms with E-state index in [1.54, 1.807) is 0 Å². The largest absolute Gasteiger partial charge is 0.355 e. The van der Waals surface area contributed by atoms with Crippen molar-refractivity contribution in [3.63, 3.8) is 0 Å². The van der Waals surface area contributed by atoms with Crippen LogP contribution in [-0.4, -0.2) is 24.1 Å². The van der Waals surface area contributed by atoms with Crippen LogP contribution in [-0.2, 0) is 6.54 Å². The summed E-state index contributed by atoms with van der Waals surface area (Å²) >= 11 is 0. The third kappa shape index (κ3) is 4.78. The van der Waals surface area contributed by atoms with Crippen LogP contribution in [0.1, 0.15) is 52.3 Å². The van der Waals surface area contributed by atoms with Crippen LogP contribution in [0.15, 0.2) is 12.1 Å². The van der Waals surface area contributed by atoms with Crippen LogP contribution in [0.4, 0.5) is 5.82 Å². The molecule has 0 fully saturated rings. The van der Waals surface area contributed by atoms with Crippen molar-refractivity contribution in [3.05, 3.63) is 23.4 Å². The summed E-state index contributed by atoms with van der Waals surface area (Å²) in [6.45, 7) is 15.2. The molecule has 0 bridgehead atoms. The van der Waals surface area contributed by atoms with Gasteiger partial charge in [0.15, 0.2) is 0 Å². The van der Waals surface area contributed by atoms with Crippen LogP contribution >= 0.6 is 0 Å². The predicted molar refractivity (Wildman–Crippen MR) is 88.3 cm³/mol. The molecule has 1 heterocycles. The van der Waals surface area contributed by atoms with E-state index in [1.165, 1.54) is 5.56 Å². The highest BCUT2D eigenvalue weighted by atomic mass is 15.2. The molecule has 3 heteroatoms. The molecule has 0 spiro atoms. The Kier molecular flexibility index (Phi) is 6.00. The molecule has 0 saturated carbocycles. The molecule has 1 rings (SSSR count). The quantitative estimate of drug-likeness (QED) is 0.822. The third-order valence-corrected chi connectivity index (χ3v) is 4.00. The van der Waals surface area contributed by atoms with Gasteiger partial charge in [-0.15, -0.1) is 0 Å². The zero-order chi connectivity index (χ0) is 15.3. The van der Waals surface area contributed by atoms with Gasteiger partial charge in [0.25, 0.3) is 0 Å². The minimum atomic E-state index is 0.128. The van der Waals surface area contributed by atoms with Gasteiger partial charge in [0.05, 0.1) is 0 Å². The SMILES string of the molecule is CCC(C)(C)N(C)c1cc(CNCC(C)C)cc(C)n1. The number of aryl methyl sites for hydroxylation is 1. The van der Waals surface area contributed by atoms with E-state index in [0.29, 0.717) is 5.92 Å². The Hall–Kier alpha value is -1.09. The molecule has 0 unspecified atom stereocenters. The van der Waals surface area contributed by atoms with Crippen molar-refractivity contribution in [1.82, 2.24) is 10.3 Å². The molecule has 0 aliphatic carbocycles. The first kappa shape index (κ1) is 17.0. The molecule has 0 amide bonds. The Labute approximate surface area is 124 Å². The maximum atomic E-state index is 4.69. The zero-order valence-corrected chi connectivity index (χ0v) is 14.2. The molecule has 1 aromatic rings. The second-order valence-electron chi connectivity index (χ2n) is 6.72. The molecule has 3 nitrogen and oxygen atoms in total. The summed E-state index contributed by atoms with van der Waals surface area (Å²) in [6.07, 6.45) is 1.10. The molecule has 0 saturated heterocycles. The molecular formula is C17H31N3. The van der Waals surface area contributed by atoms with E-state index in [-0.39, 0.29) is 5.54 Å². The number of nitrogens with zero attached hydrogens (tertiary/aromatic N) is 2. The topological polar surface area (TPSA) is 28.2 Å². The first-order valence-corrected chi connectivity index (χ1v) is 7.68. The number of hydrogen-bond donors (Lipinski definition) is 1. The average Bonchev–Trinajstić information content (AvgIpc) is 2.36. The fourth-order valence-corrected chi connectivity index (χ4v) is 2.05. The standard InChI is InChI=1S/C17H31N3/c1-8-17(5,6)20(7)16-10-15(9-14(4)19-16)12-18-11-13(2)3/h9-10,13,18H,8,11-12H2,1-7H3. The number of aromatic nitrogens is 1. The summed E-state index contributed by atoms with van der Waals surface area (Å²) in [7, 11) is 2.14. The smallest absolute Gasteiger partial charge is 0.129 e. The Morgan fingerprint density at radius 2 is 1.95 bits per heavy atom. The second-order valence-corrected chi connectivity index (χ2v) is 6.72. The minimum Gasteiger partial charge on any atom is -0.355 e. The summed E-state index contributed by atoms with van der Waals surface area (Å²) in [5.41, 5.74) is 2.53. The number of hydrogen-bond acceptors (Lipinski definition) is 3. The summed E-state index contributed by atoms with van der Waals surface area (Å²) in [5, 5.41) is 3.50. The lowest BCUT2D eigenvalue weighted by molar-refractivity contribution is 0.466. The van der Waals surface area contributed by atoms with E-state index in [2.05, 4.69) is 75.9 Å². The van der Waals surface area contributed by atoms with Gasteiger partial charge in [-0.3, -0.25) is 0 Å². The first-order chi connectivity index (χ1) is 9.26. The summed E-state index contributed by atoms with van der Waals surface area (Å²) in [4.78, 5) is 6.97. The van der Waals surface area contributed by atoms with Crippen molar-refractivity contribution in [2.75, 3.05) is 18.5 Å². The van der Waals surface area contributed by atoms with Gasteiger partial charge in [-0.25, -0.2) is 4.98 Å². The van der Waals surface area contributed by atoms with Gasteiger partial charge in [-0.05, 0) is 57.4 Å². The Balaban J connectivity index is 2.86. The fourth-order valence-electron chi connectivity index (χ4n) is 2.05. The molecule has 1 N–H and O–H groups in total. The van der Waals surface area contributed by atoms with Crippen LogP contribution in [0.5, 0.6) is 0 Å². The number of pyridine rings is 1. The number of anilines is 1. The molecule has 0 aromatic carbocycles. The van der Waals surface area contributed by atoms with E-state index in [1.807, 2.05) is 0 Å². The molecule has 0 radical (unpaired) electrons. The van der Waals surface area contributed by atoms with Gasteiger partial charge in [0, 0.05) is 24.8 Å². The lowest BCUT2D eigenvalue weighted by atomic mass is 10.00. The highest BCUT2D eigenvalue weighted by Gasteiger charge is 2.22. The van der Waals surface area contributed by atoms with Crippen LogP contribution in [0.25, 0.3) is 0 Å². The summed E-state index contributed by atoms with van der Waals surface area (Å²) in [5.74, 6) is 1.75. The maximum absolute atomic E-state index is 4.69. The van der Waals surface area contributed by atoms with Crippen molar-refractivity contribution >= 4 is 5.82 Å². The van der Waals surface area contributed by atoms with Crippen molar-refractivity contribution in [2.24, 2.45) is 5.92 Å². The van der Waals surface area contributed by atoms with Crippen molar-refractivity contribution < 1.29 is 0 Å². The van der Waals surface area contributed by atoms with E-state index in [9.17, 15) is 0 Å². The van der Waals surface area contributed by atoms with Gasteiger partial charge in [0.1, 0.15) is 5.82 Å². The van der Waals surface area contributed by atoms with Gasteiger partial charge in [-0.2, -0.15) is 0 Å². The van der Waals surface area contributed by atoms with Gasteiger partial charge >= 0.3 is 0 Å². The average molecular weight is 277 g/mol. The molecule has 1 aromatic heterocycles. The van der Waals surface area contributed by atoms with Crippen LogP contribution in [0, 0.1) is 12.8 Å². The molecule has 0 aliphatic rings. The molecular weight excluding hydrogens is 246 g/mol. The highest BCUT2D eigenvalue weighted by Crippen LogP contribution is 2.24. The lowest BCUT2D eigenvalue weighted by Crippen LogP contribution is -2.41.